The highest BCUT2D eigenvalue weighted by atomic mass is 32.2. The Hall–Kier alpha value is -0.200. The van der Waals surface area contributed by atoms with Crippen molar-refractivity contribution in [1.29, 1.82) is 0 Å². The Kier molecular flexibility index (Phi) is 4.76. The second kappa shape index (κ2) is 6.11. The van der Waals surface area contributed by atoms with E-state index in [1.54, 1.807) is 6.33 Å². The highest BCUT2D eigenvalue weighted by Gasteiger charge is 2.24. The molecule has 2 atom stereocenters. The molecule has 0 saturated carbocycles. The summed E-state index contributed by atoms with van der Waals surface area (Å²) < 4.78 is 1.89. The van der Waals surface area contributed by atoms with Crippen LogP contribution in [-0.4, -0.2) is 48.5 Å². The van der Waals surface area contributed by atoms with Crippen molar-refractivity contribution in [2.24, 2.45) is 0 Å². The summed E-state index contributed by atoms with van der Waals surface area (Å²) in [5.41, 5.74) is 0. The van der Waals surface area contributed by atoms with Crippen molar-refractivity contribution in [3.05, 3.63) is 12.2 Å². The molecule has 1 saturated heterocycles. The molecule has 1 fully saturated rings. The summed E-state index contributed by atoms with van der Waals surface area (Å²) in [6, 6.07) is 0.299. The third-order valence-electron chi connectivity index (χ3n) is 2.80. The first-order valence-electron chi connectivity index (χ1n) is 5.94. The lowest BCUT2D eigenvalue weighted by atomic mass is 10.2. The van der Waals surface area contributed by atoms with Crippen LogP contribution >= 0.6 is 23.5 Å². The maximum absolute atomic E-state index is 10.2. The monoisotopic (exact) mass is 273 g/mol. The summed E-state index contributed by atoms with van der Waals surface area (Å²) in [5.74, 6) is 4.28. The lowest BCUT2D eigenvalue weighted by molar-refractivity contribution is 0.172. The number of thioether (sulfide) groups is 2. The normalized spacial score (nSPS) is 22.9. The SMILES string of the molecule is CC(C)n1ncnc1CC(O)C1CSCCS1. The van der Waals surface area contributed by atoms with Gasteiger partial charge >= 0.3 is 0 Å². The summed E-state index contributed by atoms with van der Waals surface area (Å²) >= 11 is 3.81. The summed E-state index contributed by atoms with van der Waals surface area (Å²) in [6.07, 6.45) is 1.87. The quantitative estimate of drug-likeness (QED) is 0.903. The van der Waals surface area contributed by atoms with Crippen LogP contribution in [0.3, 0.4) is 0 Å². The molecule has 1 aliphatic heterocycles. The van der Waals surface area contributed by atoms with Crippen LogP contribution in [-0.2, 0) is 6.42 Å². The third kappa shape index (κ3) is 3.39. The van der Waals surface area contributed by atoms with Gasteiger partial charge in [0.05, 0.1) is 6.10 Å². The zero-order valence-corrected chi connectivity index (χ0v) is 11.9. The van der Waals surface area contributed by atoms with Crippen molar-refractivity contribution in [3.8, 4) is 0 Å². The molecule has 2 rings (SSSR count). The highest BCUT2D eigenvalue weighted by molar-refractivity contribution is 8.06. The van der Waals surface area contributed by atoms with Crippen LogP contribution in [0.5, 0.6) is 0 Å². The van der Waals surface area contributed by atoms with Crippen molar-refractivity contribution in [1.82, 2.24) is 14.8 Å². The molecule has 0 radical (unpaired) electrons. The highest BCUT2D eigenvalue weighted by Crippen LogP contribution is 2.27. The number of aromatic nitrogens is 3. The van der Waals surface area contributed by atoms with Crippen molar-refractivity contribution in [3.63, 3.8) is 0 Å². The second-order valence-corrected chi connectivity index (χ2v) is 6.97. The molecule has 2 unspecified atom stereocenters. The number of hydrogen-bond acceptors (Lipinski definition) is 5. The van der Waals surface area contributed by atoms with Gasteiger partial charge in [-0.1, -0.05) is 0 Å². The Balaban J connectivity index is 1.97. The minimum atomic E-state index is -0.311. The molecule has 0 bridgehead atoms. The molecule has 1 N–H and O–H groups in total. The molecule has 0 amide bonds. The lowest BCUT2D eigenvalue weighted by Crippen LogP contribution is -2.31. The Labute approximate surface area is 111 Å². The molecule has 96 valence electrons. The van der Waals surface area contributed by atoms with E-state index in [-0.39, 0.29) is 6.10 Å². The average molecular weight is 273 g/mol. The second-order valence-electron chi connectivity index (χ2n) is 4.47. The molecular weight excluding hydrogens is 254 g/mol. The van der Waals surface area contributed by atoms with Crippen LogP contribution < -0.4 is 0 Å². The van der Waals surface area contributed by atoms with Crippen LogP contribution in [0.25, 0.3) is 0 Å². The van der Waals surface area contributed by atoms with Gasteiger partial charge in [0.1, 0.15) is 12.2 Å². The molecule has 1 aromatic heterocycles. The van der Waals surface area contributed by atoms with E-state index in [2.05, 4.69) is 23.9 Å². The predicted molar refractivity (Wildman–Crippen MR) is 73.7 cm³/mol. The fourth-order valence-electron chi connectivity index (χ4n) is 1.90. The fourth-order valence-corrected chi connectivity index (χ4v) is 4.67. The van der Waals surface area contributed by atoms with Crippen molar-refractivity contribution < 1.29 is 5.11 Å². The van der Waals surface area contributed by atoms with Gasteiger partial charge in [-0.05, 0) is 13.8 Å². The van der Waals surface area contributed by atoms with E-state index in [4.69, 9.17) is 0 Å². The Bertz CT molecular complexity index is 350. The maximum atomic E-state index is 10.2. The van der Waals surface area contributed by atoms with Crippen molar-refractivity contribution >= 4 is 23.5 Å². The minimum Gasteiger partial charge on any atom is -0.391 e. The number of nitrogens with zero attached hydrogens (tertiary/aromatic N) is 3. The van der Waals surface area contributed by atoms with Gasteiger partial charge in [-0.25, -0.2) is 9.67 Å². The molecule has 1 aliphatic rings. The van der Waals surface area contributed by atoms with Gasteiger partial charge in [-0.2, -0.15) is 28.6 Å². The first-order chi connectivity index (χ1) is 8.18. The van der Waals surface area contributed by atoms with Crippen molar-refractivity contribution in [2.45, 2.75) is 37.7 Å². The zero-order chi connectivity index (χ0) is 12.3. The first-order valence-corrected chi connectivity index (χ1v) is 8.14. The van der Waals surface area contributed by atoms with Crippen LogP contribution in [0.2, 0.25) is 0 Å². The topological polar surface area (TPSA) is 50.9 Å². The van der Waals surface area contributed by atoms with Crippen molar-refractivity contribution in [2.75, 3.05) is 17.3 Å². The fraction of sp³-hybridized carbons (Fsp3) is 0.818. The molecule has 0 spiro atoms. The average Bonchev–Trinajstić information content (AvgIpc) is 2.78. The molecule has 4 nitrogen and oxygen atoms in total. The van der Waals surface area contributed by atoms with Crippen LogP contribution in [0.4, 0.5) is 0 Å². The van der Waals surface area contributed by atoms with Gasteiger partial charge < -0.3 is 5.11 Å². The smallest absolute Gasteiger partial charge is 0.138 e. The first kappa shape index (κ1) is 13.2. The van der Waals surface area contributed by atoms with E-state index in [9.17, 15) is 5.11 Å². The Morgan fingerprint density at radius 3 is 3.00 bits per heavy atom. The van der Waals surface area contributed by atoms with Crippen LogP contribution in [0.15, 0.2) is 6.33 Å². The van der Waals surface area contributed by atoms with Crippen LogP contribution in [0, 0.1) is 0 Å². The molecule has 1 aromatic rings. The van der Waals surface area contributed by atoms with E-state index >= 15 is 0 Å². The van der Waals surface area contributed by atoms with E-state index < -0.39 is 0 Å². The summed E-state index contributed by atoms with van der Waals surface area (Å²) in [4.78, 5) is 4.25. The number of rotatable bonds is 4. The number of aliphatic hydroxyl groups is 1. The standard InChI is InChI=1S/C11H19N3OS2/c1-8(2)14-11(12-7-13-14)5-9(15)10-6-16-3-4-17-10/h7-10,15H,3-6H2,1-2H3. The van der Waals surface area contributed by atoms with Gasteiger partial charge in [0.2, 0.25) is 0 Å². The van der Waals surface area contributed by atoms with Gasteiger partial charge in [-0.3, -0.25) is 0 Å². The third-order valence-corrected chi connectivity index (χ3v) is 5.70. The van der Waals surface area contributed by atoms with E-state index in [0.29, 0.717) is 17.7 Å². The van der Waals surface area contributed by atoms with E-state index in [0.717, 1.165) is 17.3 Å². The van der Waals surface area contributed by atoms with Gasteiger partial charge in [0.15, 0.2) is 0 Å². The van der Waals surface area contributed by atoms with Gasteiger partial charge in [0, 0.05) is 35.0 Å². The Morgan fingerprint density at radius 1 is 1.53 bits per heavy atom. The minimum absolute atomic E-state index is 0.299. The summed E-state index contributed by atoms with van der Waals surface area (Å²) in [5, 5.41) is 14.8. The lowest BCUT2D eigenvalue weighted by Gasteiger charge is -2.25. The zero-order valence-electron chi connectivity index (χ0n) is 10.2. The van der Waals surface area contributed by atoms with E-state index in [1.165, 1.54) is 5.75 Å². The Morgan fingerprint density at radius 2 is 2.35 bits per heavy atom. The van der Waals surface area contributed by atoms with E-state index in [1.807, 2.05) is 28.2 Å². The summed E-state index contributed by atoms with van der Waals surface area (Å²) in [7, 11) is 0. The molecule has 0 aliphatic carbocycles. The number of hydrogen-bond donors (Lipinski definition) is 1. The number of aliphatic hydroxyl groups excluding tert-OH is 1. The summed E-state index contributed by atoms with van der Waals surface area (Å²) in [6.45, 7) is 4.16. The van der Waals surface area contributed by atoms with Gasteiger partial charge in [0.25, 0.3) is 0 Å². The van der Waals surface area contributed by atoms with Gasteiger partial charge in [-0.15, -0.1) is 0 Å². The maximum Gasteiger partial charge on any atom is 0.138 e. The predicted octanol–water partition coefficient (Wildman–Crippen LogP) is 1.61. The molecule has 6 heteroatoms. The molecule has 0 aromatic carbocycles. The van der Waals surface area contributed by atoms with Crippen LogP contribution in [0.1, 0.15) is 25.7 Å². The largest absolute Gasteiger partial charge is 0.391 e. The molecule has 17 heavy (non-hydrogen) atoms. The molecular formula is C11H19N3OS2. The molecule has 2 heterocycles.